The van der Waals surface area contributed by atoms with Crippen molar-refractivity contribution < 1.29 is 14.9 Å². The van der Waals surface area contributed by atoms with E-state index in [2.05, 4.69) is 18.7 Å². The Kier molecular flexibility index (Phi) is 4.33. The normalized spacial score (nSPS) is 28.3. The van der Waals surface area contributed by atoms with Crippen molar-refractivity contribution in [2.75, 3.05) is 20.2 Å². The molecule has 2 heterocycles. The van der Waals surface area contributed by atoms with Gasteiger partial charge in [-0.3, -0.25) is 4.90 Å². The summed E-state index contributed by atoms with van der Waals surface area (Å²) in [4.78, 5) is 2.48. The molecule has 0 bridgehead atoms. The van der Waals surface area contributed by atoms with Gasteiger partial charge in [-0.2, -0.15) is 0 Å². The van der Waals surface area contributed by atoms with Crippen LogP contribution in [0.25, 0.3) is 0 Å². The number of hydrogen-bond acceptors (Lipinski definition) is 4. The molecule has 0 spiro atoms. The van der Waals surface area contributed by atoms with Crippen LogP contribution in [0.15, 0.2) is 12.1 Å². The molecule has 2 aliphatic heterocycles. The first-order valence-electron chi connectivity index (χ1n) is 8.31. The molecule has 1 saturated heterocycles. The third kappa shape index (κ3) is 2.82. The zero-order valence-corrected chi connectivity index (χ0v) is 13.7. The molecule has 2 N–H and O–H groups in total. The van der Waals surface area contributed by atoms with E-state index in [9.17, 15) is 10.2 Å². The van der Waals surface area contributed by atoms with Crippen molar-refractivity contribution in [2.24, 2.45) is 11.8 Å². The maximum absolute atomic E-state index is 10.5. The number of rotatable bonds is 3. The van der Waals surface area contributed by atoms with Crippen LogP contribution in [0.2, 0.25) is 0 Å². The van der Waals surface area contributed by atoms with Crippen molar-refractivity contribution in [3.63, 3.8) is 0 Å². The minimum atomic E-state index is -0.251. The predicted molar refractivity (Wildman–Crippen MR) is 86.2 cm³/mol. The van der Waals surface area contributed by atoms with Gasteiger partial charge in [-0.1, -0.05) is 13.8 Å². The Morgan fingerprint density at radius 3 is 2.82 bits per heavy atom. The van der Waals surface area contributed by atoms with Gasteiger partial charge in [0.15, 0.2) is 11.5 Å². The maximum atomic E-state index is 10.5. The minimum absolute atomic E-state index is 0.196. The zero-order valence-electron chi connectivity index (χ0n) is 13.7. The number of aliphatic hydroxyl groups is 1. The lowest BCUT2D eigenvalue weighted by Crippen LogP contribution is -2.48. The fraction of sp³-hybridized carbons (Fsp3) is 0.667. The topological polar surface area (TPSA) is 52.9 Å². The molecule has 0 aliphatic carbocycles. The van der Waals surface area contributed by atoms with Crippen molar-refractivity contribution in [2.45, 2.75) is 45.3 Å². The standard InChI is InChI=1S/C18H27NO3/c1-11(2)6-13-10-19-5-4-12-7-18(22-3)17(21)8-14(12)15(19)9-16(13)20/h7-8,11,13,15-16,20-21H,4-6,9-10H2,1-3H3/t13-,15?,16-/m1/s1. The highest BCUT2D eigenvalue weighted by Crippen LogP contribution is 2.43. The van der Waals surface area contributed by atoms with E-state index in [4.69, 9.17) is 4.74 Å². The molecule has 1 aromatic rings. The number of ether oxygens (including phenoxy) is 1. The lowest BCUT2D eigenvalue weighted by molar-refractivity contribution is -0.0191. The van der Waals surface area contributed by atoms with Gasteiger partial charge in [0.25, 0.3) is 0 Å². The summed E-state index contributed by atoms with van der Waals surface area (Å²) < 4.78 is 5.22. The summed E-state index contributed by atoms with van der Waals surface area (Å²) in [5, 5.41) is 20.6. The van der Waals surface area contributed by atoms with E-state index < -0.39 is 0 Å². The molecule has 0 amide bonds. The average Bonchev–Trinajstić information content (AvgIpc) is 2.47. The Hall–Kier alpha value is -1.26. The first-order chi connectivity index (χ1) is 10.5. The number of benzene rings is 1. The van der Waals surface area contributed by atoms with E-state index >= 15 is 0 Å². The van der Waals surface area contributed by atoms with Crippen molar-refractivity contribution in [3.05, 3.63) is 23.3 Å². The Balaban J connectivity index is 1.85. The largest absolute Gasteiger partial charge is 0.504 e. The first kappa shape index (κ1) is 15.6. The molecule has 22 heavy (non-hydrogen) atoms. The number of aliphatic hydroxyl groups excluding tert-OH is 1. The molecule has 3 atom stereocenters. The van der Waals surface area contributed by atoms with Gasteiger partial charge in [0.1, 0.15) is 0 Å². The van der Waals surface area contributed by atoms with Crippen LogP contribution < -0.4 is 4.74 Å². The number of phenolic OH excluding ortho intramolecular Hbond substituents is 1. The number of nitrogens with zero attached hydrogens (tertiary/aromatic N) is 1. The van der Waals surface area contributed by atoms with Gasteiger partial charge < -0.3 is 14.9 Å². The van der Waals surface area contributed by atoms with E-state index in [0.717, 1.165) is 37.9 Å². The van der Waals surface area contributed by atoms with Crippen LogP contribution in [-0.4, -0.2) is 41.4 Å². The molecule has 0 saturated carbocycles. The van der Waals surface area contributed by atoms with Crippen molar-refractivity contribution >= 4 is 0 Å². The van der Waals surface area contributed by atoms with Crippen molar-refractivity contribution in [3.8, 4) is 11.5 Å². The molecule has 3 rings (SSSR count). The molecule has 1 unspecified atom stereocenters. The first-order valence-corrected chi connectivity index (χ1v) is 8.31. The highest BCUT2D eigenvalue weighted by molar-refractivity contribution is 5.48. The van der Waals surface area contributed by atoms with E-state index in [-0.39, 0.29) is 17.9 Å². The number of aromatic hydroxyl groups is 1. The Labute approximate surface area is 132 Å². The summed E-state index contributed by atoms with van der Waals surface area (Å²) in [6.45, 7) is 6.41. The summed E-state index contributed by atoms with van der Waals surface area (Å²) >= 11 is 0. The van der Waals surface area contributed by atoms with Crippen molar-refractivity contribution in [1.29, 1.82) is 0 Å². The van der Waals surface area contributed by atoms with Crippen LogP contribution in [0.1, 0.15) is 43.9 Å². The molecule has 122 valence electrons. The third-order valence-corrected chi connectivity index (χ3v) is 5.16. The average molecular weight is 305 g/mol. The summed E-state index contributed by atoms with van der Waals surface area (Å²) in [6, 6.07) is 4.01. The van der Waals surface area contributed by atoms with Gasteiger partial charge in [-0.15, -0.1) is 0 Å². The van der Waals surface area contributed by atoms with Crippen LogP contribution in [0.5, 0.6) is 11.5 Å². The summed E-state index contributed by atoms with van der Waals surface area (Å²) in [5.41, 5.74) is 2.40. The van der Waals surface area contributed by atoms with Gasteiger partial charge in [0.2, 0.25) is 0 Å². The highest BCUT2D eigenvalue weighted by atomic mass is 16.5. The number of phenols is 1. The Bertz CT molecular complexity index is 543. The number of fused-ring (bicyclic) bond motifs is 3. The Morgan fingerprint density at radius 1 is 1.36 bits per heavy atom. The second-order valence-corrected chi connectivity index (χ2v) is 7.18. The van der Waals surface area contributed by atoms with Gasteiger partial charge in [-0.05, 0) is 54.4 Å². The smallest absolute Gasteiger partial charge is 0.160 e. The molecule has 4 nitrogen and oxygen atoms in total. The Morgan fingerprint density at radius 2 is 2.14 bits per heavy atom. The zero-order chi connectivity index (χ0) is 15.9. The predicted octanol–water partition coefficient (Wildman–Crippen LogP) is 2.73. The van der Waals surface area contributed by atoms with E-state index in [1.807, 2.05) is 12.1 Å². The SMILES string of the molecule is COc1cc2c(cc1O)C1C[C@@H](O)[C@H](CC(C)C)CN1CC2. The summed E-state index contributed by atoms with van der Waals surface area (Å²) in [6.07, 6.45) is 2.56. The monoisotopic (exact) mass is 305 g/mol. The summed E-state index contributed by atoms with van der Waals surface area (Å²) in [7, 11) is 1.58. The molecular weight excluding hydrogens is 278 g/mol. The lowest BCUT2D eigenvalue weighted by atomic mass is 9.79. The van der Waals surface area contributed by atoms with Gasteiger partial charge in [0.05, 0.1) is 13.2 Å². The molecular formula is C18H27NO3. The van der Waals surface area contributed by atoms with Gasteiger partial charge in [-0.25, -0.2) is 0 Å². The van der Waals surface area contributed by atoms with Gasteiger partial charge in [0, 0.05) is 19.1 Å². The number of hydrogen-bond donors (Lipinski definition) is 2. The van der Waals surface area contributed by atoms with Crippen LogP contribution in [0.4, 0.5) is 0 Å². The number of methoxy groups -OCH3 is 1. The quantitative estimate of drug-likeness (QED) is 0.901. The van der Waals surface area contributed by atoms with Crippen LogP contribution in [0.3, 0.4) is 0 Å². The molecule has 0 aromatic heterocycles. The number of piperidine rings is 1. The van der Waals surface area contributed by atoms with E-state index in [1.54, 1.807) is 7.11 Å². The second-order valence-electron chi connectivity index (χ2n) is 7.18. The molecule has 0 radical (unpaired) electrons. The fourth-order valence-corrected chi connectivity index (χ4v) is 4.11. The second kappa shape index (κ2) is 6.09. The molecule has 1 aromatic carbocycles. The van der Waals surface area contributed by atoms with Crippen molar-refractivity contribution in [1.82, 2.24) is 4.90 Å². The fourth-order valence-electron chi connectivity index (χ4n) is 4.11. The van der Waals surface area contributed by atoms with Crippen LogP contribution in [0, 0.1) is 11.8 Å². The molecule has 4 heteroatoms. The summed E-state index contributed by atoms with van der Waals surface area (Å²) in [5.74, 6) is 1.72. The van der Waals surface area contributed by atoms with E-state index in [1.165, 1.54) is 5.56 Å². The van der Waals surface area contributed by atoms with Gasteiger partial charge >= 0.3 is 0 Å². The minimum Gasteiger partial charge on any atom is -0.504 e. The van der Waals surface area contributed by atoms with Crippen LogP contribution >= 0.6 is 0 Å². The highest BCUT2D eigenvalue weighted by Gasteiger charge is 2.38. The van der Waals surface area contributed by atoms with Crippen LogP contribution in [-0.2, 0) is 6.42 Å². The molecule has 1 fully saturated rings. The van der Waals surface area contributed by atoms with E-state index in [0.29, 0.717) is 17.6 Å². The maximum Gasteiger partial charge on any atom is 0.160 e. The molecule has 2 aliphatic rings. The lowest BCUT2D eigenvalue weighted by Gasteiger charge is -2.46. The third-order valence-electron chi connectivity index (χ3n) is 5.16.